The molecule has 0 spiro atoms. The van der Waals surface area contributed by atoms with Crippen molar-refractivity contribution in [3.05, 3.63) is 59.7 Å². The first-order chi connectivity index (χ1) is 10.4. The van der Waals surface area contributed by atoms with Crippen molar-refractivity contribution in [3.63, 3.8) is 0 Å². The van der Waals surface area contributed by atoms with Crippen molar-refractivity contribution in [2.45, 2.75) is 32.7 Å². The van der Waals surface area contributed by atoms with Crippen molar-refractivity contribution in [3.8, 4) is 0 Å². The third kappa shape index (κ3) is 3.21. The molecule has 110 valence electrons. The number of nitrogens with one attached hydrogen (secondary N) is 1. The number of benzene rings is 2. The molecule has 2 heteroatoms. The van der Waals surface area contributed by atoms with Gasteiger partial charge >= 0.3 is 0 Å². The molecule has 0 saturated carbocycles. The van der Waals surface area contributed by atoms with E-state index in [1.54, 1.807) is 0 Å². The summed E-state index contributed by atoms with van der Waals surface area (Å²) in [6.45, 7) is 5.43. The fraction of sp³-hybridized carbons (Fsp3) is 0.368. The van der Waals surface area contributed by atoms with Gasteiger partial charge in [-0.25, -0.2) is 0 Å². The lowest BCUT2D eigenvalue weighted by Crippen LogP contribution is -2.24. The van der Waals surface area contributed by atoms with Crippen molar-refractivity contribution in [1.82, 2.24) is 0 Å². The number of hydrogen-bond acceptors (Lipinski definition) is 2. The molecule has 3 rings (SSSR count). The zero-order chi connectivity index (χ0) is 14.5. The van der Waals surface area contributed by atoms with Gasteiger partial charge in [-0.3, -0.25) is 0 Å². The molecular weight excluding hydrogens is 256 g/mol. The van der Waals surface area contributed by atoms with Gasteiger partial charge in [0.2, 0.25) is 0 Å². The Kier molecular flexibility index (Phi) is 4.44. The summed E-state index contributed by atoms with van der Waals surface area (Å²) in [5, 5.41) is 3.55. The molecule has 0 aliphatic carbocycles. The molecule has 1 aliphatic heterocycles. The SMILES string of the molecule is CCCCN(Cc1cccc2c1NCC2)c1ccccc1. The van der Waals surface area contributed by atoms with Gasteiger partial charge < -0.3 is 10.2 Å². The number of para-hydroxylation sites is 2. The molecule has 0 bridgehead atoms. The van der Waals surface area contributed by atoms with E-state index in [9.17, 15) is 0 Å². The average molecular weight is 280 g/mol. The highest BCUT2D eigenvalue weighted by Gasteiger charge is 2.16. The van der Waals surface area contributed by atoms with Gasteiger partial charge in [0, 0.05) is 31.0 Å². The monoisotopic (exact) mass is 280 g/mol. The molecule has 1 heterocycles. The van der Waals surface area contributed by atoms with Gasteiger partial charge in [-0.05, 0) is 36.1 Å². The van der Waals surface area contributed by atoms with E-state index in [4.69, 9.17) is 0 Å². The Bertz CT molecular complexity index is 577. The maximum absolute atomic E-state index is 3.55. The number of nitrogens with zero attached hydrogens (tertiary/aromatic N) is 1. The molecule has 1 aliphatic rings. The van der Waals surface area contributed by atoms with Crippen LogP contribution in [0.2, 0.25) is 0 Å². The normalized spacial score (nSPS) is 12.8. The quantitative estimate of drug-likeness (QED) is 0.840. The van der Waals surface area contributed by atoms with Gasteiger partial charge in [0.25, 0.3) is 0 Å². The average Bonchev–Trinajstić information content (AvgIpc) is 3.01. The molecule has 0 unspecified atom stereocenters. The minimum atomic E-state index is 0.986. The van der Waals surface area contributed by atoms with Crippen LogP contribution in [0.1, 0.15) is 30.9 Å². The molecule has 0 aromatic heterocycles. The zero-order valence-corrected chi connectivity index (χ0v) is 12.8. The van der Waals surface area contributed by atoms with E-state index in [1.807, 2.05) is 0 Å². The molecule has 0 amide bonds. The largest absolute Gasteiger partial charge is 0.384 e. The number of hydrogen-bond donors (Lipinski definition) is 1. The first-order valence-corrected chi connectivity index (χ1v) is 8.03. The van der Waals surface area contributed by atoms with Gasteiger partial charge in [-0.1, -0.05) is 49.7 Å². The lowest BCUT2D eigenvalue weighted by atomic mass is 10.1. The molecule has 0 radical (unpaired) electrons. The molecular formula is C19H24N2. The Balaban J connectivity index is 1.83. The van der Waals surface area contributed by atoms with Crippen molar-refractivity contribution < 1.29 is 0 Å². The Hall–Kier alpha value is -1.96. The van der Waals surface area contributed by atoms with E-state index in [0.29, 0.717) is 0 Å². The predicted octanol–water partition coefficient (Wildman–Crippen LogP) is 4.46. The molecule has 0 saturated heterocycles. The molecule has 1 N–H and O–H groups in total. The smallest absolute Gasteiger partial charge is 0.0450 e. The van der Waals surface area contributed by atoms with Crippen LogP contribution in [-0.4, -0.2) is 13.1 Å². The van der Waals surface area contributed by atoms with Crippen LogP contribution in [0, 0.1) is 0 Å². The van der Waals surface area contributed by atoms with E-state index in [-0.39, 0.29) is 0 Å². The maximum Gasteiger partial charge on any atom is 0.0450 e. The summed E-state index contributed by atoms with van der Waals surface area (Å²) in [5.74, 6) is 0. The van der Waals surface area contributed by atoms with Crippen LogP contribution in [-0.2, 0) is 13.0 Å². The van der Waals surface area contributed by atoms with Crippen molar-refractivity contribution >= 4 is 11.4 Å². The standard InChI is InChI=1S/C19H24N2/c1-2-3-14-21(18-10-5-4-6-11-18)15-17-9-7-8-16-12-13-20-19(16)17/h4-11,20H,2-3,12-15H2,1H3. The first kappa shape index (κ1) is 14.0. The summed E-state index contributed by atoms with van der Waals surface area (Å²) >= 11 is 0. The van der Waals surface area contributed by atoms with Gasteiger partial charge in [-0.15, -0.1) is 0 Å². The minimum absolute atomic E-state index is 0.986. The maximum atomic E-state index is 3.55. The summed E-state index contributed by atoms with van der Waals surface area (Å²) in [6.07, 6.45) is 3.62. The van der Waals surface area contributed by atoms with Crippen molar-refractivity contribution in [2.75, 3.05) is 23.3 Å². The summed E-state index contributed by atoms with van der Waals surface area (Å²) in [4.78, 5) is 2.50. The summed E-state index contributed by atoms with van der Waals surface area (Å²) < 4.78 is 0. The van der Waals surface area contributed by atoms with Gasteiger partial charge in [-0.2, -0.15) is 0 Å². The second-order valence-electron chi connectivity index (χ2n) is 5.74. The molecule has 2 aromatic carbocycles. The van der Waals surface area contributed by atoms with E-state index in [2.05, 4.69) is 65.7 Å². The minimum Gasteiger partial charge on any atom is -0.384 e. The second-order valence-corrected chi connectivity index (χ2v) is 5.74. The Morgan fingerprint density at radius 1 is 1.05 bits per heavy atom. The number of fused-ring (bicyclic) bond motifs is 1. The van der Waals surface area contributed by atoms with Crippen molar-refractivity contribution in [1.29, 1.82) is 0 Å². The second kappa shape index (κ2) is 6.66. The Morgan fingerprint density at radius 3 is 2.71 bits per heavy atom. The van der Waals surface area contributed by atoms with E-state index in [1.165, 1.54) is 35.3 Å². The van der Waals surface area contributed by atoms with Crippen LogP contribution in [0.25, 0.3) is 0 Å². The van der Waals surface area contributed by atoms with E-state index < -0.39 is 0 Å². The molecule has 2 aromatic rings. The van der Waals surface area contributed by atoms with Crippen LogP contribution in [0.4, 0.5) is 11.4 Å². The molecule has 21 heavy (non-hydrogen) atoms. The van der Waals surface area contributed by atoms with Crippen LogP contribution in [0.15, 0.2) is 48.5 Å². The molecule has 2 nitrogen and oxygen atoms in total. The van der Waals surface area contributed by atoms with Gasteiger partial charge in [0.1, 0.15) is 0 Å². The fourth-order valence-corrected chi connectivity index (χ4v) is 3.04. The lowest BCUT2D eigenvalue weighted by molar-refractivity contribution is 0.716. The highest BCUT2D eigenvalue weighted by atomic mass is 15.1. The van der Waals surface area contributed by atoms with Crippen LogP contribution >= 0.6 is 0 Å². The third-order valence-corrected chi connectivity index (χ3v) is 4.20. The first-order valence-electron chi connectivity index (χ1n) is 8.03. The topological polar surface area (TPSA) is 15.3 Å². The highest BCUT2D eigenvalue weighted by Crippen LogP contribution is 2.28. The van der Waals surface area contributed by atoms with Gasteiger partial charge in [0.05, 0.1) is 0 Å². The molecule has 0 fully saturated rings. The Labute approximate surface area is 127 Å². The van der Waals surface area contributed by atoms with Crippen LogP contribution in [0.3, 0.4) is 0 Å². The summed E-state index contributed by atoms with van der Waals surface area (Å²) in [5.41, 5.74) is 5.58. The van der Waals surface area contributed by atoms with Gasteiger partial charge in [0.15, 0.2) is 0 Å². The fourth-order valence-electron chi connectivity index (χ4n) is 3.04. The lowest BCUT2D eigenvalue weighted by Gasteiger charge is -2.26. The number of anilines is 2. The highest BCUT2D eigenvalue weighted by molar-refractivity contribution is 5.62. The van der Waals surface area contributed by atoms with Crippen LogP contribution < -0.4 is 10.2 Å². The van der Waals surface area contributed by atoms with E-state index in [0.717, 1.165) is 26.1 Å². The predicted molar refractivity (Wildman–Crippen MR) is 91.0 cm³/mol. The summed E-state index contributed by atoms with van der Waals surface area (Å²) in [6, 6.07) is 17.5. The number of unbranched alkanes of at least 4 members (excludes halogenated alkanes) is 1. The van der Waals surface area contributed by atoms with Crippen molar-refractivity contribution in [2.24, 2.45) is 0 Å². The zero-order valence-electron chi connectivity index (χ0n) is 12.8. The number of rotatable bonds is 6. The van der Waals surface area contributed by atoms with E-state index >= 15 is 0 Å². The summed E-state index contributed by atoms with van der Waals surface area (Å²) in [7, 11) is 0. The van der Waals surface area contributed by atoms with Crippen LogP contribution in [0.5, 0.6) is 0 Å². The third-order valence-electron chi connectivity index (χ3n) is 4.20. The molecule has 0 atom stereocenters. The Morgan fingerprint density at radius 2 is 1.90 bits per heavy atom.